The van der Waals surface area contributed by atoms with Gasteiger partial charge in [0.05, 0.1) is 0 Å². The highest BCUT2D eigenvalue weighted by atomic mass is 32.2. The molecule has 2 rings (SSSR count). The molecule has 1 aliphatic carbocycles. The zero-order chi connectivity index (χ0) is 13.7. The van der Waals surface area contributed by atoms with Crippen LogP contribution in [0.15, 0.2) is 30.3 Å². The van der Waals surface area contributed by atoms with Crippen LogP contribution < -0.4 is 5.32 Å². The molecule has 0 spiro atoms. The molecule has 1 N–H and O–H groups in total. The predicted octanol–water partition coefficient (Wildman–Crippen LogP) is 2.87. The van der Waals surface area contributed by atoms with Crippen LogP contribution in [-0.4, -0.2) is 22.8 Å². The van der Waals surface area contributed by atoms with Gasteiger partial charge in [-0.3, -0.25) is 9.59 Å². The first-order chi connectivity index (χ1) is 9.15. The van der Waals surface area contributed by atoms with Gasteiger partial charge in [-0.1, -0.05) is 36.0 Å². The summed E-state index contributed by atoms with van der Waals surface area (Å²) in [6.45, 7) is 1.56. The van der Waals surface area contributed by atoms with Crippen molar-refractivity contribution in [3.05, 3.63) is 41.5 Å². The van der Waals surface area contributed by atoms with Crippen LogP contribution in [0.4, 0.5) is 0 Å². The lowest BCUT2D eigenvalue weighted by atomic mass is 10.1. The predicted molar refractivity (Wildman–Crippen MR) is 79.1 cm³/mol. The molecule has 4 heteroatoms. The lowest BCUT2D eigenvalue weighted by Crippen LogP contribution is -2.25. The molecule has 1 aliphatic rings. The Kier molecular flexibility index (Phi) is 4.80. The Morgan fingerprint density at radius 1 is 1.32 bits per heavy atom. The summed E-state index contributed by atoms with van der Waals surface area (Å²) in [5, 5.41) is 3.08. The molecule has 3 nitrogen and oxygen atoms in total. The van der Waals surface area contributed by atoms with Crippen molar-refractivity contribution < 1.29 is 9.59 Å². The monoisotopic (exact) mass is 275 g/mol. The molecule has 0 unspecified atom stereocenters. The first-order valence-corrected chi connectivity index (χ1v) is 7.34. The minimum atomic E-state index is 0.00478. The minimum absolute atomic E-state index is 0.00478. The van der Waals surface area contributed by atoms with Gasteiger partial charge in [0.1, 0.15) is 0 Å². The first kappa shape index (κ1) is 13.9. The number of carbonyl (C=O) groups is 2. The molecular weight excluding hydrogens is 258 g/mol. The summed E-state index contributed by atoms with van der Waals surface area (Å²) in [4.78, 5) is 22.5. The second kappa shape index (κ2) is 6.57. The maximum absolute atomic E-state index is 11.8. The molecule has 1 saturated carbocycles. The molecule has 19 heavy (non-hydrogen) atoms. The molecular formula is C15H17NO2S. The maximum atomic E-state index is 11.8. The van der Waals surface area contributed by atoms with Crippen molar-refractivity contribution in [2.24, 2.45) is 0 Å². The number of hydrogen-bond acceptors (Lipinski definition) is 3. The van der Waals surface area contributed by atoms with Crippen molar-refractivity contribution in [1.82, 2.24) is 5.32 Å². The summed E-state index contributed by atoms with van der Waals surface area (Å²) in [6.07, 6.45) is 6.10. The Balaban J connectivity index is 1.86. The lowest BCUT2D eigenvalue weighted by Gasteiger charge is -2.03. The molecule has 0 aromatic heterocycles. The van der Waals surface area contributed by atoms with Crippen LogP contribution in [0.5, 0.6) is 0 Å². The topological polar surface area (TPSA) is 46.2 Å². The third kappa shape index (κ3) is 4.91. The van der Waals surface area contributed by atoms with E-state index in [9.17, 15) is 9.59 Å². The van der Waals surface area contributed by atoms with Crippen molar-refractivity contribution in [3.8, 4) is 0 Å². The fourth-order valence-corrected chi connectivity index (χ4v) is 2.02. The van der Waals surface area contributed by atoms with Crippen molar-refractivity contribution in [3.63, 3.8) is 0 Å². The molecule has 0 radical (unpaired) electrons. The van der Waals surface area contributed by atoms with Gasteiger partial charge >= 0.3 is 0 Å². The number of rotatable bonds is 5. The molecule has 100 valence electrons. The van der Waals surface area contributed by atoms with Gasteiger partial charge in [-0.2, -0.15) is 0 Å². The van der Waals surface area contributed by atoms with Crippen LogP contribution >= 0.6 is 11.8 Å². The summed E-state index contributed by atoms with van der Waals surface area (Å²) >= 11 is 1.28. The molecule has 0 saturated heterocycles. The molecule has 0 atom stereocenters. The third-order valence-electron chi connectivity index (χ3n) is 2.78. The zero-order valence-electron chi connectivity index (χ0n) is 10.9. The molecule has 1 aromatic carbocycles. The van der Waals surface area contributed by atoms with Crippen molar-refractivity contribution >= 4 is 28.9 Å². The number of amides is 1. The van der Waals surface area contributed by atoms with E-state index in [-0.39, 0.29) is 11.0 Å². The Hall–Kier alpha value is -1.55. The van der Waals surface area contributed by atoms with Crippen LogP contribution in [-0.2, 0) is 4.79 Å². The molecule has 1 aromatic rings. The van der Waals surface area contributed by atoms with Crippen LogP contribution in [0, 0.1) is 0 Å². The highest BCUT2D eigenvalue weighted by Crippen LogP contribution is 2.19. The highest BCUT2D eigenvalue weighted by molar-refractivity contribution is 8.13. The standard InChI is InChI=1S/C15H17NO2S/c1-11(17)19-10-2-3-12-4-6-13(7-5-12)15(18)16-14-8-9-14/h2-7,14H,8-10H2,1H3,(H,16,18). The minimum Gasteiger partial charge on any atom is -0.349 e. The largest absolute Gasteiger partial charge is 0.349 e. The average Bonchev–Trinajstić information content (AvgIpc) is 3.19. The summed E-state index contributed by atoms with van der Waals surface area (Å²) in [6, 6.07) is 7.87. The van der Waals surface area contributed by atoms with E-state index in [1.165, 1.54) is 11.8 Å². The molecule has 1 amide bonds. The van der Waals surface area contributed by atoms with E-state index in [0.29, 0.717) is 17.4 Å². The lowest BCUT2D eigenvalue weighted by molar-refractivity contribution is -0.109. The Morgan fingerprint density at radius 2 is 2.00 bits per heavy atom. The van der Waals surface area contributed by atoms with Gasteiger partial charge in [-0.25, -0.2) is 0 Å². The fraction of sp³-hybridized carbons (Fsp3) is 0.333. The van der Waals surface area contributed by atoms with Crippen LogP contribution in [0.2, 0.25) is 0 Å². The summed E-state index contributed by atoms with van der Waals surface area (Å²) in [5.74, 6) is 0.685. The number of thioether (sulfide) groups is 1. The Bertz CT molecular complexity index is 489. The van der Waals surface area contributed by atoms with Crippen LogP contribution in [0.1, 0.15) is 35.7 Å². The van der Waals surface area contributed by atoms with E-state index >= 15 is 0 Å². The SMILES string of the molecule is CC(=O)SCC=Cc1ccc(C(=O)NC2CC2)cc1. The van der Waals surface area contributed by atoms with Gasteiger partial charge < -0.3 is 5.32 Å². The van der Waals surface area contributed by atoms with Gasteiger partial charge in [0.25, 0.3) is 5.91 Å². The maximum Gasteiger partial charge on any atom is 0.251 e. The van der Waals surface area contributed by atoms with E-state index in [1.807, 2.05) is 36.4 Å². The Morgan fingerprint density at radius 3 is 2.58 bits per heavy atom. The second-order valence-electron chi connectivity index (χ2n) is 4.57. The average molecular weight is 275 g/mol. The van der Waals surface area contributed by atoms with Crippen LogP contribution in [0.25, 0.3) is 6.08 Å². The third-order valence-corrected chi connectivity index (χ3v) is 3.54. The van der Waals surface area contributed by atoms with Gasteiger partial charge in [-0.05, 0) is 30.5 Å². The molecule has 0 bridgehead atoms. The summed E-state index contributed by atoms with van der Waals surface area (Å²) in [5.41, 5.74) is 1.73. The number of benzene rings is 1. The normalized spacial score (nSPS) is 14.6. The van der Waals surface area contributed by atoms with E-state index in [2.05, 4.69) is 5.32 Å². The van der Waals surface area contributed by atoms with Crippen molar-refractivity contribution in [2.75, 3.05) is 5.75 Å². The molecule has 0 aliphatic heterocycles. The fourth-order valence-electron chi connectivity index (χ4n) is 1.59. The van der Waals surface area contributed by atoms with Gasteiger partial charge in [0.2, 0.25) is 0 Å². The smallest absolute Gasteiger partial charge is 0.251 e. The molecule has 1 fully saturated rings. The van der Waals surface area contributed by atoms with E-state index in [4.69, 9.17) is 0 Å². The first-order valence-electron chi connectivity index (χ1n) is 6.36. The van der Waals surface area contributed by atoms with Crippen LogP contribution in [0.3, 0.4) is 0 Å². The molecule has 0 heterocycles. The summed E-state index contributed by atoms with van der Waals surface area (Å²) in [7, 11) is 0. The number of carbonyl (C=O) groups excluding carboxylic acids is 2. The quantitative estimate of drug-likeness (QED) is 0.898. The Labute approximate surface area is 117 Å². The zero-order valence-corrected chi connectivity index (χ0v) is 11.7. The number of nitrogens with one attached hydrogen (secondary N) is 1. The highest BCUT2D eigenvalue weighted by Gasteiger charge is 2.23. The van der Waals surface area contributed by atoms with Crippen molar-refractivity contribution in [2.45, 2.75) is 25.8 Å². The van der Waals surface area contributed by atoms with E-state index in [0.717, 1.165) is 18.4 Å². The van der Waals surface area contributed by atoms with Gasteiger partial charge in [0.15, 0.2) is 5.12 Å². The number of hydrogen-bond donors (Lipinski definition) is 1. The van der Waals surface area contributed by atoms with Gasteiger partial charge in [-0.15, -0.1) is 0 Å². The second-order valence-corrected chi connectivity index (χ2v) is 5.77. The van der Waals surface area contributed by atoms with Gasteiger partial charge in [0, 0.05) is 24.3 Å². The summed E-state index contributed by atoms with van der Waals surface area (Å²) < 4.78 is 0. The van der Waals surface area contributed by atoms with Crippen molar-refractivity contribution in [1.29, 1.82) is 0 Å². The van der Waals surface area contributed by atoms with E-state index in [1.54, 1.807) is 6.92 Å². The van der Waals surface area contributed by atoms with E-state index < -0.39 is 0 Å².